The van der Waals surface area contributed by atoms with Crippen LogP contribution in [0.15, 0.2) is 29.2 Å². The first-order valence-electron chi connectivity index (χ1n) is 6.05. The van der Waals surface area contributed by atoms with Crippen molar-refractivity contribution in [3.63, 3.8) is 0 Å². The molecule has 0 aliphatic carbocycles. The van der Waals surface area contributed by atoms with E-state index in [1.165, 1.54) is 28.8 Å². The lowest BCUT2D eigenvalue weighted by atomic mass is 10.2. The molecule has 1 saturated heterocycles. The van der Waals surface area contributed by atoms with E-state index in [0.717, 1.165) is 11.8 Å². The third-order valence-electron chi connectivity index (χ3n) is 2.62. The van der Waals surface area contributed by atoms with Crippen LogP contribution >= 0.6 is 24.0 Å². The fourth-order valence-electron chi connectivity index (χ4n) is 1.72. The maximum absolute atomic E-state index is 12.1. The SMILES string of the molecule is CCN1C(=O)/C(=C/c2ccc(OS(C)(=O)=O)cc2)SC1=S. The Bertz CT molecular complexity index is 707. The predicted molar refractivity (Wildman–Crippen MR) is 87.5 cm³/mol. The quantitative estimate of drug-likeness (QED) is 0.475. The van der Waals surface area contributed by atoms with Crippen molar-refractivity contribution in [2.45, 2.75) is 6.92 Å². The van der Waals surface area contributed by atoms with Crippen molar-refractivity contribution in [2.24, 2.45) is 0 Å². The number of rotatable bonds is 4. The van der Waals surface area contributed by atoms with Gasteiger partial charge in [-0.1, -0.05) is 36.1 Å². The minimum absolute atomic E-state index is 0.107. The number of hydrogen-bond donors (Lipinski definition) is 0. The van der Waals surface area contributed by atoms with Crippen molar-refractivity contribution in [2.75, 3.05) is 12.8 Å². The van der Waals surface area contributed by atoms with E-state index >= 15 is 0 Å². The average molecular weight is 343 g/mol. The number of amides is 1. The van der Waals surface area contributed by atoms with Gasteiger partial charge in [-0.25, -0.2) is 0 Å². The van der Waals surface area contributed by atoms with Crippen molar-refractivity contribution in [1.82, 2.24) is 4.90 Å². The van der Waals surface area contributed by atoms with Gasteiger partial charge in [0.15, 0.2) is 0 Å². The zero-order valence-corrected chi connectivity index (χ0v) is 13.8. The molecule has 1 heterocycles. The standard InChI is InChI=1S/C13H13NO4S3/c1-3-14-12(15)11(20-13(14)19)8-9-4-6-10(7-5-9)18-21(2,16)17/h4-8H,3H2,1-2H3/b11-8-. The molecule has 0 N–H and O–H groups in total. The Morgan fingerprint density at radius 2 is 1.95 bits per heavy atom. The van der Waals surface area contributed by atoms with Crippen molar-refractivity contribution in [1.29, 1.82) is 0 Å². The number of carbonyl (C=O) groups is 1. The van der Waals surface area contributed by atoms with E-state index in [9.17, 15) is 13.2 Å². The molecule has 0 spiro atoms. The van der Waals surface area contributed by atoms with Crippen LogP contribution in [0.1, 0.15) is 12.5 Å². The number of thiocarbonyl (C=S) groups is 1. The molecule has 21 heavy (non-hydrogen) atoms. The Kier molecular flexibility index (Phi) is 4.70. The second-order valence-corrected chi connectivity index (χ2v) is 7.53. The van der Waals surface area contributed by atoms with Gasteiger partial charge in [0.05, 0.1) is 11.2 Å². The molecule has 2 rings (SSSR count). The first-order chi connectivity index (χ1) is 9.80. The molecule has 0 saturated carbocycles. The lowest BCUT2D eigenvalue weighted by Gasteiger charge is -2.09. The number of nitrogens with zero attached hydrogens (tertiary/aromatic N) is 1. The molecule has 1 amide bonds. The highest BCUT2D eigenvalue weighted by molar-refractivity contribution is 8.26. The van der Waals surface area contributed by atoms with E-state index in [1.807, 2.05) is 6.92 Å². The second kappa shape index (κ2) is 6.17. The average Bonchev–Trinajstić information content (AvgIpc) is 2.65. The van der Waals surface area contributed by atoms with Crippen LogP contribution in [0.25, 0.3) is 6.08 Å². The minimum Gasteiger partial charge on any atom is -0.383 e. The van der Waals surface area contributed by atoms with Gasteiger partial charge in [0.25, 0.3) is 5.91 Å². The maximum Gasteiger partial charge on any atom is 0.306 e. The van der Waals surface area contributed by atoms with E-state index < -0.39 is 10.1 Å². The van der Waals surface area contributed by atoms with E-state index in [4.69, 9.17) is 16.4 Å². The molecule has 1 aromatic rings. The van der Waals surface area contributed by atoms with Crippen LogP contribution in [-0.4, -0.2) is 36.3 Å². The fraction of sp³-hybridized carbons (Fsp3) is 0.231. The van der Waals surface area contributed by atoms with E-state index in [0.29, 0.717) is 15.8 Å². The van der Waals surface area contributed by atoms with Crippen molar-refractivity contribution in [3.05, 3.63) is 34.7 Å². The molecule has 1 aromatic carbocycles. The van der Waals surface area contributed by atoms with Crippen LogP contribution in [0.4, 0.5) is 0 Å². The molecular formula is C13H13NO4S3. The maximum atomic E-state index is 12.1. The normalized spacial score (nSPS) is 17.6. The van der Waals surface area contributed by atoms with Gasteiger partial charge >= 0.3 is 10.1 Å². The number of benzene rings is 1. The highest BCUT2D eigenvalue weighted by Gasteiger charge is 2.30. The Labute approximate surface area is 133 Å². The predicted octanol–water partition coefficient (Wildman–Crippen LogP) is 2.25. The monoisotopic (exact) mass is 343 g/mol. The summed E-state index contributed by atoms with van der Waals surface area (Å²) in [6.07, 6.45) is 2.70. The summed E-state index contributed by atoms with van der Waals surface area (Å²) in [5.74, 6) is 0.125. The lowest BCUT2D eigenvalue weighted by Crippen LogP contribution is -2.27. The molecule has 5 nitrogen and oxygen atoms in total. The molecule has 1 aliphatic rings. The first-order valence-corrected chi connectivity index (χ1v) is 9.09. The zero-order chi connectivity index (χ0) is 15.6. The van der Waals surface area contributed by atoms with E-state index in [1.54, 1.807) is 18.2 Å². The van der Waals surface area contributed by atoms with Gasteiger partial charge in [-0.2, -0.15) is 8.42 Å². The third kappa shape index (κ3) is 4.05. The summed E-state index contributed by atoms with van der Waals surface area (Å²) >= 11 is 6.39. The number of thioether (sulfide) groups is 1. The second-order valence-electron chi connectivity index (χ2n) is 4.28. The van der Waals surface area contributed by atoms with Crippen LogP contribution < -0.4 is 4.18 Å². The molecule has 0 bridgehead atoms. The van der Waals surface area contributed by atoms with Crippen molar-refractivity contribution in [3.8, 4) is 5.75 Å². The summed E-state index contributed by atoms with van der Waals surface area (Å²) in [5.41, 5.74) is 0.771. The molecule has 0 radical (unpaired) electrons. The van der Waals surface area contributed by atoms with Crippen LogP contribution in [0, 0.1) is 0 Å². The Balaban J connectivity index is 2.19. The summed E-state index contributed by atoms with van der Waals surface area (Å²) in [6.45, 7) is 2.41. The summed E-state index contributed by atoms with van der Waals surface area (Å²) in [6, 6.07) is 6.43. The Morgan fingerprint density at radius 1 is 1.33 bits per heavy atom. The van der Waals surface area contributed by atoms with Crippen LogP contribution in [-0.2, 0) is 14.9 Å². The van der Waals surface area contributed by atoms with Gasteiger partial charge < -0.3 is 4.18 Å². The Morgan fingerprint density at radius 3 is 2.43 bits per heavy atom. The molecule has 0 unspecified atom stereocenters. The van der Waals surface area contributed by atoms with Crippen LogP contribution in [0.3, 0.4) is 0 Å². The molecule has 0 aromatic heterocycles. The third-order valence-corrected chi connectivity index (χ3v) is 4.49. The molecule has 8 heteroatoms. The molecule has 112 valence electrons. The number of hydrogen-bond acceptors (Lipinski definition) is 6. The molecule has 0 atom stereocenters. The van der Waals surface area contributed by atoms with Gasteiger partial charge in [-0.05, 0) is 30.7 Å². The molecular weight excluding hydrogens is 330 g/mol. The summed E-state index contributed by atoms with van der Waals surface area (Å²) in [7, 11) is -3.54. The molecule has 1 fully saturated rings. The molecule has 1 aliphatic heterocycles. The van der Waals surface area contributed by atoms with E-state index in [-0.39, 0.29) is 11.7 Å². The van der Waals surface area contributed by atoms with Gasteiger partial charge in [0, 0.05) is 6.54 Å². The lowest BCUT2D eigenvalue weighted by molar-refractivity contribution is -0.121. The zero-order valence-electron chi connectivity index (χ0n) is 11.4. The summed E-state index contributed by atoms with van der Waals surface area (Å²) in [4.78, 5) is 14.1. The summed E-state index contributed by atoms with van der Waals surface area (Å²) < 4.78 is 27.3. The highest BCUT2D eigenvalue weighted by atomic mass is 32.2. The Hall–Kier alpha value is -1.38. The van der Waals surface area contributed by atoms with Crippen molar-refractivity contribution >= 4 is 50.4 Å². The van der Waals surface area contributed by atoms with Gasteiger partial charge in [-0.3, -0.25) is 9.69 Å². The van der Waals surface area contributed by atoms with Gasteiger partial charge in [0.2, 0.25) is 0 Å². The van der Waals surface area contributed by atoms with Crippen molar-refractivity contribution < 1.29 is 17.4 Å². The topological polar surface area (TPSA) is 63.7 Å². The van der Waals surface area contributed by atoms with Gasteiger partial charge in [-0.15, -0.1) is 0 Å². The highest BCUT2D eigenvalue weighted by Crippen LogP contribution is 2.32. The number of carbonyl (C=O) groups excluding carboxylic acids is 1. The van der Waals surface area contributed by atoms with Gasteiger partial charge in [0.1, 0.15) is 10.1 Å². The minimum atomic E-state index is -3.54. The first kappa shape index (κ1) is 16.0. The summed E-state index contributed by atoms with van der Waals surface area (Å²) in [5, 5.41) is 0. The smallest absolute Gasteiger partial charge is 0.306 e. The van der Waals surface area contributed by atoms with Crippen LogP contribution in [0.2, 0.25) is 0 Å². The van der Waals surface area contributed by atoms with Crippen LogP contribution in [0.5, 0.6) is 5.75 Å². The largest absolute Gasteiger partial charge is 0.383 e. The van der Waals surface area contributed by atoms with E-state index in [2.05, 4.69) is 0 Å². The fourth-order valence-corrected chi connectivity index (χ4v) is 3.56. The number of likely N-dealkylation sites (N-methyl/N-ethyl adjacent to an activating group) is 1.